The van der Waals surface area contributed by atoms with E-state index in [9.17, 15) is 8.78 Å². The first-order valence-electron chi connectivity index (χ1n) is 8.34. The Morgan fingerprint density at radius 2 is 1.48 bits per heavy atom. The third kappa shape index (κ3) is 4.79. The van der Waals surface area contributed by atoms with E-state index in [-0.39, 0.29) is 5.56 Å². The molecule has 0 radical (unpaired) electrons. The number of aryl methyl sites for hydroxylation is 1. The monoisotopic (exact) mass is 300 g/mol. The third-order valence-electron chi connectivity index (χ3n) is 4.45. The van der Waals surface area contributed by atoms with Gasteiger partial charge in [0.15, 0.2) is 0 Å². The number of aromatic nitrogens is 2. The SMILES string of the molecule is CCCCCCC(C)(CCCCC)c1c(F)nn(C)c1F. The average Bonchev–Trinajstić information content (AvgIpc) is 2.69. The van der Waals surface area contributed by atoms with Gasteiger partial charge < -0.3 is 0 Å². The molecule has 1 unspecified atom stereocenters. The molecule has 0 aliphatic rings. The summed E-state index contributed by atoms with van der Waals surface area (Å²) >= 11 is 0. The first kappa shape index (κ1) is 18.1. The average molecular weight is 300 g/mol. The van der Waals surface area contributed by atoms with Crippen molar-refractivity contribution in [3.8, 4) is 0 Å². The molecule has 0 saturated carbocycles. The van der Waals surface area contributed by atoms with Crippen LogP contribution in [0.2, 0.25) is 0 Å². The van der Waals surface area contributed by atoms with Gasteiger partial charge in [-0.1, -0.05) is 65.7 Å². The Labute approximate surface area is 127 Å². The van der Waals surface area contributed by atoms with Crippen LogP contribution in [0.3, 0.4) is 0 Å². The van der Waals surface area contributed by atoms with Crippen LogP contribution >= 0.6 is 0 Å². The van der Waals surface area contributed by atoms with Gasteiger partial charge in [0.2, 0.25) is 11.9 Å². The maximum absolute atomic E-state index is 14.3. The summed E-state index contributed by atoms with van der Waals surface area (Å²) in [7, 11) is 1.46. The van der Waals surface area contributed by atoms with Crippen molar-refractivity contribution < 1.29 is 8.78 Å². The molecule has 0 N–H and O–H groups in total. The highest BCUT2D eigenvalue weighted by Crippen LogP contribution is 2.38. The Morgan fingerprint density at radius 3 is 1.95 bits per heavy atom. The Hall–Kier alpha value is -0.930. The van der Waals surface area contributed by atoms with Crippen molar-refractivity contribution in [1.82, 2.24) is 9.78 Å². The highest BCUT2D eigenvalue weighted by Gasteiger charge is 2.34. The van der Waals surface area contributed by atoms with E-state index in [4.69, 9.17) is 0 Å². The van der Waals surface area contributed by atoms with Crippen molar-refractivity contribution in [2.75, 3.05) is 0 Å². The minimum absolute atomic E-state index is 0.192. The fraction of sp³-hybridized carbons (Fsp3) is 0.824. The summed E-state index contributed by atoms with van der Waals surface area (Å²) in [5.74, 6) is -1.15. The smallest absolute Gasteiger partial charge is 0.239 e. The molecule has 21 heavy (non-hydrogen) atoms. The quantitative estimate of drug-likeness (QED) is 0.521. The van der Waals surface area contributed by atoms with Crippen LogP contribution < -0.4 is 0 Å². The first-order chi connectivity index (χ1) is 9.96. The van der Waals surface area contributed by atoms with Crippen molar-refractivity contribution in [3.05, 3.63) is 17.5 Å². The van der Waals surface area contributed by atoms with Gasteiger partial charge in [0.25, 0.3) is 0 Å². The minimum atomic E-state index is -0.635. The predicted octanol–water partition coefficient (Wildman–Crippen LogP) is 5.51. The van der Waals surface area contributed by atoms with Gasteiger partial charge in [0.1, 0.15) is 0 Å². The molecule has 0 spiro atoms. The maximum atomic E-state index is 14.3. The molecule has 1 aromatic heterocycles. The summed E-state index contributed by atoms with van der Waals surface area (Å²) in [5, 5.41) is 3.62. The Bertz CT molecular complexity index is 429. The lowest BCUT2D eigenvalue weighted by molar-refractivity contribution is 0.336. The van der Waals surface area contributed by atoms with E-state index in [0.717, 1.165) is 49.6 Å². The van der Waals surface area contributed by atoms with Crippen molar-refractivity contribution in [1.29, 1.82) is 0 Å². The molecule has 0 fully saturated rings. The molecule has 0 saturated heterocycles. The third-order valence-corrected chi connectivity index (χ3v) is 4.45. The summed E-state index contributed by atoms with van der Waals surface area (Å²) in [6.07, 6.45) is 9.38. The van der Waals surface area contributed by atoms with Crippen molar-refractivity contribution in [2.24, 2.45) is 7.05 Å². The van der Waals surface area contributed by atoms with E-state index >= 15 is 0 Å². The van der Waals surface area contributed by atoms with Gasteiger partial charge in [-0.2, -0.15) is 8.78 Å². The fourth-order valence-corrected chi connectivity index (χ4v) is 3.05. The van der Waals surface area contributed by atoms with Crippen LogP contribution in [-0.2, 0) is 12.5 Å². The zero-order chi connectivity index (χ0) is 15.9. The number of rotatable bonds is 10. The van der Waals surface area contributed by atoms with E-state index in [1.54, 1.807) is 0 Å². The summed E-state index contributed by atoms with van der Waals surface area (Å²) < 4.78 is 29.4. The molecule has 0 aromatic carbocycles. The highest BCUT2D eigenvalue weighted by atomic mass is 19.1. The molecular weight excluding hydrogens is 270 g/mol. The van der Waals surface area contributed by atoms with E-state index in [1.165, 1.54) is 19.9 Å². The normalized spacial score (nSPS) is 14.4. The van der Waals surface area contributed by atoms with Crippen LogP contribution in [-0.4, -0.2) is 9.78 Å². The number of hydrogen-bond donors (Lipinski definition) is 0. The second-order valence-corrected chi connectivity index (χ2v) is 6.41. The van der Waals surface area contributed by atoms with Crippen LogP contribution in [0.25, 0.3) is 0 Å². The largest absolute Gasteiger partial charge is 0.240 e. The zero-order valence-electron chi connectivity index (χ0n) is 14.0. The molecule has 0 bridgehead atoms. The zero-order valence-corrected chi connectivity index (χ0v) is 14.0. The lowest BCUT2D eigenvalue weighted by Crippen LogP contribution is -2.24. The van der Waals surface area contributed by atoms with Crippen LogP contribution in [0.5, 0.6) is 0 Å². The van der Waals surface area contributed by atoms with Gasteiger partial charge in [-0.05, 0) is 12.8 Å². The summed E-state index contributed by atoms with van der Waals surface area (Å²) in [4.78, 5) is 0. The summed E-state index contributed by atoms with van der Waals surface area (Å²) in [6, 6.07) is 0. The molecule has 122 valence electrons. The number of unbranched alkanes of at least 4 members (excludes halogenated alkanes) is 5. The van der Waals surface area contributed by atoms with Gasteiger partial charge in [-0.25, -0.2) is 4.68 Å². The molecule has 1 heterocycles. The van der Waals surface area contributed by atoms with E-state index < -0.39 is 17.3 Å². The molecule has 0 aliphatic carbocycles. The van der Waals surface area contributed by atoms with Crippen molar-refractivity contribution in [3.63, 3.8) is 0 Å². The second-order valence-electron chi connectivity index (χ2n) is 6.41. The molecular formula is C17H30F2N2. The topological polar surface area (TPSA) is 17.8 Å². The molecule has 2 nitrogen and oxygen atoms in total. The van der Waals surface area contributed by atoms with Crippen molar-refractivity contribution >= 4 is 0 Å². The van der Waals surface area contributed by atoms with Gasteiger partial charge in [-0.3, -0.25) is 0 Å². The lowest BCUT2D eigenvalue weighted by atomic mass is 9.75. The molecule has 1 rings (SSSR count). The lowest BCUT2D eigenvalue weighted by Gasteiger charge is -2.29. The van der Waals surface area contributed by atoms with Crippen LogP contribution in [0, 0.1) is 11.9 Å². The summed E-state index contributed by atoms with van der Waals surface area (Å²) in [6.45, 7) is 6.31. The fourth-order valence-electron chi connectivity index (χ4n) is 3.05. The summed E-state index contributed by atoms with van der Waals surface area (Å²) in [5.41, 5.74) is -0.247. The standard InChI is InChI=1S/C17H30F2N2/c1-5-7-9-11-13-17(3,12-10-8-6-2)14-15(18)20-21(4)16(14)19/h5-13H2,1-4H3. The second kappa shape index (κ2) is 8.50. The molecule has 0 aliphatic heterocycles. The minimum Gasteiger partial charge on any atom is -0.240 e. The molecule has 0 amide bonds. The van der Waals surface area contributed by atoms with Crippen LogP contribution in [0.15, 0.2) is 0 Å². The number of halogens is 2. The van der Waals surface area contributed by atoms with E-state index in [2.05, 4.69) is 18.9 Å². The van der Waals surface area contributed by atoms with Gasteiger partial charge in [0.05, 0.1) is 5.56 Å². The predicted molar refractivity (Wildman–Crippen MR) is 83.4 cm³/mol. The van der Waals surface area contributed by atoms with Gasteiger partial charge in [-0.15, -0.1) is 5.10 Å². The number of hydrogen-bond acceptors (Lipinski definition) is 1. The van der Waals surface area contributed by atoms with Crippen LogP contribution in [0.4, 0.5) is 8.78 Å². The van der Waals surface area contributed by atoms with Crippen LogP contribution in [0.1, 0.15) is 84.1 Å². The molecule has 1 aromatic rings. The van der Waals surface area contributed by atoms with Gasteiger partial charge in [0, 0.05) is 12.5 Å². The number of nitrogens with zero attached hydrogens (tertiary/aromatic N) is 2. The van der Waals surface area contributed by atoms with Crippen molar-refractivity contribution in [2.45, 2.75) is 84.0 Å². The van der Waals surface area contributed by atoms with Gasteiger partial charge >= 0.3 is 0 Å². The van der Waals surface area contributed by atoms with E-state index in [1.807, 2.05) is 6.92 Å². The Balaban J connectivity index is 2.88. The first-order valence-corrected chi connectivity index (χ1v) is 8.34. The Kier molecular flexibility index (Phi) is 7.33. The molecule has 1 atom stereocenters. The van der Waals surface area contributed by atoms with E-state index in [0.29, 0.717) is 0 Å². The highest BCUT2D eigenvalue weighted by molar-refractivity contribution is 5.21. The maximum Gasteiger partial charge on any atom is 0.239 e. The Morgan fingerprint density at radius 1 is 0.952 bits per heavy atom. The molecule has 4 heteroatoms.